The van der Waals surface area contributed by atoms with Crippen molar-refractivity contribution in [2.24, 2.45) is 0 Å². The van der Waals surface area contributed by atoms with Crippen molar-refractivity contribution in [2.45, 2.75) is 111 Å². The summed E-state index contributed by atoms with van der Waals surface area (Å²) >= 11 is 0. The van der Waals surface area contributed by atoms with Gasteiger partial charge < -0.3 is 9.47 Å². The molecule has 0 spiro atoms. The molecule has 0 aliphatic rings. The zero-order chi connectivity index (χ0) is 26.2. The summed E-state index contributed by atoms with van der Waals surface area (Å²) in [4.78, 5) is 0. The van der Waals surface area contributed by atoms with Crippen LogP contribution in [0.3, 0.4) is 0 Å². The molecule has 0 amide bonds. The predicted octanol–water partition coefficient (Wildman–Crippen LogP) is 9.44. The van der Waals surface area contributed by atoms with E-state index in [1.165, 1.54) is 33.1 Å². The van der Waals surface area contributed by atoms with Crippen molar-refractivity contribution >= 4 is 13.2 Å². The zero-order valence-electron chi connectivity index (χ0n) is 24.6. The molecule has 0 bridgehead atoms. The van der Waals surface area contributed by atoms with Crippen molar-refractivity contribution in [1.29, 1.82) is 0 Å². The predicted molar refractivity (Wildman–Crippen MR) is 153 cm³/mol. The van der Waals surface area contributed by atoms with E-state index >= 15 is 0 Å². The Kier molecular flexibility index (Phi) is 11.1. The van der Waals surface area contributed by atoms with Crippen LogP contribution in [0.1, 0.15) is 118 Å². The standard InChI is InChI=1S/C31H49O2P.Pd/c1-19(2)22-17-23(20(3)4)27(24(18-22)21(5)6)28-25(32-13)15-16-26(33-14)29(28)34(30(7,8)9)31(10,11)12;/h15-21H,1-14H3;. The molecular weight excluding hydrogens is 542 g/mol. The van der Waals surface area contributed by atoms with Gasteiger partial charge in [0.25, 0.3) is 0 Å². The Bertz CT molecular complexity index is 951. The molecule has 35 heavy (non-hydrogen) atoms. The number of rotatable bonds is 7. The minimum atomic E-state index is -0.619. The average molecular weight is 591 g/mol. The normalized spacial score (nSPS) is 12.5. The summed E-state index contributed by atoms with van der Waals surface area (Å²) in [5.41, 5.74) is 6.80. The van der Waals surface area contributed by atoms with Crippen LogP contribution in [-0.4, -0.2) is 24.5 Å². The molecule has 2 rings (SSSR count). The Labute approximate surface area is 231 Å². The van der Waals surface area contributed by atoms with Crippen LogP contribution < -0.4 is 14.8 Å². The van der Waals surface area contributed by atoms with E-state index in [1.807, 2.05) is 7.11 Å². The van der Waals surface area contributed by atoms with Crippen molar-refractivity contribution in [3.8, 4) is 22.6 Å². The Morgan fingerprint density at radius 3 is 1.34 bits per heavy atom. The monoisotopic (exact) mass is 590 g/mol. The van der Waals surface area contributed by atoms with E-state index in [-0.39, 0.29) is 30.7 Å². The van der Waals surface area contributed by atoms with Gasteiger partial charge in [0.15, 0.2) is 0 Å². The number of ether oxygens (including phenoxy) is 2. The van der Waals surface area contributed by atoms with Crippen LogP contribution in [0.15, 0.2) is 24.3 Å². The van der Waals surface area contributed by atoms with E-state index in [9.17, 15) is 0 Å². The molecule has 0 atom stereocenters. The summed E-state index contributed by atoms with van der Waals surface area (Å²) in [7, 11) is 2.99. The molecular formula is C31H49O2PPd. The maximum Gasteiger partial charge on any atom is 0.127 e. The molecule has 0 aromatic heterocycles. The maximum absolute atomic E-state index is 6.12. The largest absolute Gasteiger partial charge is 0.496 e. The molecule has 0 saturated carbocycles. The van der Waals surface area contributed by atoms with Gasteiger partial charge in [0.05, 0.1) is 14.2 Å². The second-order valence-electron chi connectivity index (χ2n) is 12.4. The van der Waals surface area contributed by atoms with Gasteiger partial charge in [-0.2, -0.15) is 0 Å². The van der Waals surface area contributed by atoms with Crippen LogP contribution in [0, 0.1) is 0 Å². The van der Waals surface area contributed by atoms with Gasteiger partial charge in [0.1, 0.15) is 11.5 Å². The van der Waals surface area contributed by atoms with Crippen molar-refractivity contribution < 1.29 is 29.9 Å². The van der Waals surface area contributed by atoms with Gasteiger partial charge in [-0.25, -0.2) is 0 Å². The Balaban J connectivity index is 0.00000612. The van der Waals surface area contributed by atoms with E-state index in [0.717, 1.165) is 11.5 Å². The van der Waals surface area contributed by atoms with Crippen LogP contribution in [0.25, 0.3) is 11.1 Å². The van der Waals surface area contributed by atoms with Gasteiger partial charge in [-0.1, -0.05) is 103 Å². The molecule has 2 nitrogen and oxygen atoms in total. The number of hydrogen-bond donors (Lipinski definition) is 0. The molecule has 0 N–H and O–H groups in total. The Morgan fingerprint density at radius 1 is 0.629 bits per heavy atom. The third-order valence-electron chi connectivity index (χ3n) is 6.49. The summed E-state index contributed by atoms with van der Waals surface area (Å²) in [6, 6.07) is 9.09. The summed E-state index contributed by atoms with van der Waals surface area (Å²) in [5.74, 6) is 3.19. The number of hydrogen-bond acceptors (Lipinski definition) is 2. The van der Waals surface area contributed by atoms with Gasteiger partial charge in [-0.15, -0.1) is 0 Å². The van der Waals surface area contributed by atoms with E-state index < -0.39 is 7.92 Å². The van der Waals surface area contributed by atoms with E-state index in [4.69, 9.17) is 9.47 Å². The maximum atomic E-state index is 6.12. The van der Waals surface area contributed by atoms with Crippen molar-refractivity contribution in [2.75, 3.05) is 14.2 Å². The Morgan fingerprint density at radius 2 is 1.03 bits per heavy atom. The van der Waals surface area contributed by atoms with Crippen LogP contribution in [0.4, 0.5) is 0 Å². The summed E-state index contributed by atoms with van der Waals surface area (Å²) < 4.78 is 12.2. The summed E-state index contributed by atoms with van der Waals surface area (Å²) in [5, 5.41) is 1.52. The van der Waals surface area contributed by atoms with Crippen LogP contribution in [0.2, 0.25) is 0 Å². The van der Waals surface area contributed by atoms with Crippen molar-refractivity contribution in [3.63, 3.8) is 0 Å². The average Bonchev–Trinajstić information content (AvgIpc) is 2.70. The molecule has 0 aliphatic heterocycles. The quantitative estimate of drug-likeness (QED) is 0.236. The smallest absolute Gasteiger partial charge is 0.127 e. The first kappa shape index (κ1) is 32.2. The molecule has 2 aromatic rings. The van der Waals surface area contributed by atoms with E-state index in [2.05, 4.69) is 107 Å². The third kappa shape index (κ3) is 6.92. The van der Waals surface area contributed by atoms with Gasteiger partial charge >= 0.3 is 0 Å². The molecule has 0 aliphatic carbocycles. The molecule has 0 fully saturated rings. The second kappa shape index (κ2) is 12.1. The minimum absolute atomic E-state index is 0. The first-order valence-corrected chi connectivity index (χ1v) is 14.1. The zero-order valence-corrected chi connectivity index (χ0v) is 27.1. The first-order valence-electron chi connectivity index (χ1n) is 12.8. The molecule has 4 heteroatoms. The van der Waals surface area contributed by atoms with Crippen LogP contribution in [0.5, 0.6) is 11.5 Å². The van der Waals surface area contributed by atoms with Gasteiger partial charge in [0, 0.05) is 31.3 Å². The third-order valence-corrected chi connectivity index (χ3v) is 10.1. The Hall–Kier alpha value is -0.868. The van der Waals surface area contributed by atoms with Gasteiger partial charge in [-0.05, 0) is 62.5 Å². The van der Waals surface area contributed by atoms with Gasteiger partial charge in [0.2, 0.25) is 0 Å². The fourth-order valence-electron chi connectivity index (χ4n) is 5.27. The summed E-state index contributed by atoms with van der Waals surface area (Å²) in [6.45, 7) is 28.1. The number of methoxy groups -OCH3 is 2. The molecule has 200 valence electrons. The first-order chi connectivity index (χ1) is 15.6. The minimum Gasteiger partial charge on any atom is -0.496 e. The molecule has 0 saturated heterocycles. The summed E-state index contributed by atoms with van der Waals surface area (Å²) in [6.07, 6.45) is 0. The number of benzene rings is 2. The van der Waals surface area contributed by atoms with Crippen molar-refractivity contribution in [1.82, 2.24) is 0 Å². The fraction of sp³-hybridized carbons (Fsp3) is 0.613. The molecule has 0 radical (unpaired) electrons. The van der Waals surface area contributed by atoms with Crippen LogP contribution in [-0.2, 0) is 20.4 Å². The topological polar surface area (TPSA) is 18.5 Å². The molecule has 0 unspecified atom stereocenters. The van der Waals surface area contributed by atoms with Crippen LogP contribution >= 0.6 is 7.92 Å². The molecule has 2 aromatic carbocycles. The SMILES string of the molecule is COc1ccc(OC)c(P(C(C)(C)C)C(C)(C)C)c1-c1c(C(C)C)cc(C(C)C)cc1C(C)C.[Pd]. The fourth-order valence-corrected chi connectivity index (χ4v) is 9.46. The second-order valence-corrected chi connectivity index (χ2v) is 16.2. The van der Waals surface area contributed by atoms with E-state index in [1.54, 1.807) is 7.11 Å². The van der Waals surface area contributed by atoms with E-state index in [0.29, 0.717) is 17.8 Å². The van der Waals surface area contributed by atoms with Crippen molar-refractivity contribution in [3.05, 3.63) is 41.0 Å². The molecule has 0 heterocycles. The van der Waals surface area contributed by atoms with Gasteiger partial charge in [-0.3, -0.25) is 0 Å².